The van der Waals surface area contributed by atoms with Crippen LogP contribution in [0.25, 0.3) is 22.3 Å². The van der Waals surface area contributed by atoms with E-state index in [1.807, 2.05) is 31.2 Å². The maximum atomic E-state index is 15.2. The lowest BCUT2D eigenvalue weighted by molar-refractivity contribution is -0.00217. The van der Waals surface area contributed by atoms with Crippen molar-refractivity contribution in [2.75, 3.05) is 6.61 Å². The summed E-state index contributed by atoms with van der Waals surface area (Å²) in [4.78, 5) is 0. The average Bonchev–Trinajstić information content (AvgIpc) is 3.00. The van der Waals surface area contributed by atoms with Gasteiger partial charge in [-0.1, -0.05) is 113 Å². The Bertz CT molecular complexity index is 1260. The van der Waals surface area contributed by atoms with Gasteiger partial charge in [0.2, 0.25) is 0 Å². The maximum Gasteiger partial charge on any atom is 0.166 e. The van der Waals surface area contributed by atoms with Crippen molar-refractivity contribution in [1.29, 1.82) is 0 Å². The molecule has 1 heterocycles. The van der Waals surface area contributed by atoms with Gasteiger partial charge in [-0.3, -0.25) is 0 Å². The minimum absolute atomic E-state index is 0.213. The zero-order chi connectivity index (χ0) is 29.0. The molecule has 0 radical (unpaired) electrons. The molecule has 1 aliphatic heterocycles. The first kappa shape index (κ1) is 31.1. The molecule has 0 bridgehead atoms. The molecule has 1 aliphatic rings. The fourth-order valence-corrected chi connectivity index (χ4v) is 5.83. The van der Waals surface area contributed by atoms with Crippen molar-refractivity contribution in [2.45, 2.75) is 103 Å². The van der Waals surface area contributed by atoms with E-state index in [-0.39, 0.29) is 17.3 Å². The highest BCUT2D eigenvalue weighted by Crippen LogP contribution is 2.34. The number of rotatable bonds is 14. The van der Waals surface area contributed by atoms with Crippen LogP contribution in [0.2, 0.25) is 0 Å². The van der Waals surface area contributed by atoms with Crippen molar-refractivity contribution in [3.63, 3.8) is 0 Å². The second-order valence-corrected chi connectivity index (χ2v) is 11.4. The highest BCUT2D eigenvalue weighted by molar-refractivity contribution is 5.71. The van der Waals surface area contributed by atoms with Gasteiger partial charge in [-0.05, 0) is 66.8 Å². The zero-order valence-corrected chi connectivity index (χ0v) is 24.7. The fraction of sp³-hybridized carbons (Fsp3) is 0.459. The van der Waals surface area contributed by atoms with E-state index in [4.69, 9.17) is 4.74 Å². The Labute approximate surface area is 244 Å². The summed E-state index contributed by atoms with van der Waals surface area (Å²) in [6.45, 7) is 4.92. The summed E-state index contributed by atoms with van der Waals surface area (Å²) in [6, 6.07) is 15.7. The van der Waals surface area contributed by atoms with Crippen LogP contribution in [0.15, 0.2) is 66.7 Å². The normalized spacial score (nSPS) is 17.4. The van der Waals surface area contributed by atoms with Crippen molar-refractivity contribution in [1.82, 2.24) is 0 Å². The quantitative estimate of drug-likeness (QED) is 0.140. The predicted molar refractivity (Wildman–Crippen MR) is 165 cm³/mol. The Morgan fingerprint density at radius 1 is 0.756 bits per heavy atom. The number of benzene rings is 3. The first-order valence-corrected chi connectivity index (χ1v) is 15.7. The Balaban J connectivity index is 1.34. The molecule has 1 nitrogen and oxygen atoms in total. The molecule has 4 heteroatoms. The predicted octanol–water partition coefficient (Wildman–Crippen LogP) is 11.3. The van der Waals surface area contributed by atoms with Crippen LogP contribution >= 0.6 is 0 Å². The van der Waals surface area contributed by atoms with Gasteiger partial charge >= 0.3 is 0 Å². The lowest BCUT2D eigenvalue weighted by Gasteiger charge is -2.29. The molecule has 4 rings (SSSR count). The van der Waals surface area contributed by atoms with Crippen LogP contribution in [0.5, 0.6) is 0 Å². The highest BCUT2D eigenvalue weighted by atomic mass is 19.2. The molecule has 1 saturated heterocycles. The molecule has 0 saturated carbocycles. The van der Waals surface area contributed by atoms with E-state index in [0.29, 0.717) is 47.8 Å². The number of allylic oxidation sites excluding steroid dienone is 2. The molecule has 220 valence electrons. The summed E-state index contributed by atoms with van der Waals surface area (Å²) in [6.07, 6.45) is 17.3. The first-order valence-electron chi connectivity index (χ1n) is 15.7. The Morgan fingerprint density at radius 2 is 1.46 bits per heavy atom. The molecular weight excluding hydrogens is 517 g/mol. The van der Waals surface area contributed by atoms with Crippen LogP contribution in [-0.2, 0) is 11.2 Å². The number of unbranched alkanes of at least 4 members (excludes halogenated alkanes) is 5. The van der Waals surface area contributed by atoms with Crippen LogP contribution in [0, 0.1) is 17.5 Å². The molecule has 0 aliphatic carbocycles. The maximum absolute atomic E-state index is 15.2. The monoisotopic (exact) mass is 562 g/mol. The molecular formula is C37H45F3O. The standard InChI is InChI=1S/C37H45F3O/c1-3-5-7-9-10-12-14-32-22-19-31(26-41-32)30-21-23-33(35(38)25-30)27-15-17-28(18-16-27)34-24-20-29(36(39)37(34)40)13-11-8-6-4-2/h6,8,15-18,20-21,23-25,31-32H,3-5,7,9-14,19,22,26H2,1-2H3. The molecule has 0 aromatic heterocycles. The third-order valence-electron chi connectivity index (χ3n) is 8.37. The second-order valence-electron chi connectivity index (χ2n) is 11.4. The van der Waals surface area contributed by atoms with E-state index in [2.05, 4.69) is 6.92 Å². The summed E-state index contributed by atoms with van der Waals surface area (Å²) in [5.41, 5.74) is 3.34. The van der Waals surface area contributed by atoms with Crippen LogP contribution in [0.4, 0.5) is 13.2 Å². The Hall–Kier alpha value is -2.85. The van der Waals surface area contributed by atoms with E-state index < -0.39 is 11.6 Å². The Kier molecular flexibility index (Phi) is 12.1. The minimum Gasteiger partial charge on any atom is -0.378 e. The van der Waals surface area contributed by atoms with Gasteiger partial charge in [0, 0.05) is 17.0 Å². The second kappa shape index (κ2) is 16.0. The largest absolute Gasteiger partial charge is 0.378 e. The Morgan fingerprint density at radius 3 is 2.15 bits per heavy atom. The summed E-state index contributed by atoms with van der Waals surface area (Å²) >= 11 is 0. The number of hydrogen-bond donors (Lipinski definition) is 0. The topological polar surface area (TPSA) is 9.23 Å². The molecule has 2 unspecified atom stereocenters. The van der Waals surface area contributed by atoms with Crippen molar-refractivity contribution in [2.24, 2.45) is 0 Å². The summed E-state index contributed by atoms with van der Waals surface area (Å²) in [7, 11) is 0. The number of hydrogen-bond acceptors (Lipinski definition) is 1. The van der Waals surface area contributed by atoms with Gasteiger partial charge in [-0.25, -0.2) is 13.2 Å². The van der Waals surface area contributed by atoms with Gasteiger partial charge < -0.3 is 4.74 Å². The molecule has 0 N–H and O–H groups in total. The highest BCUT2D eigenvalue weighted by Gasteiger charge is 2.23. The van der Waals surface area contributed by atoms with E-state index in [1.165, 1.54) is 38.5 Å². The molecule has 0 amide bonds. The molecule has 2 atom stereocenters. The van der Waals surface area contributed by atoms with E-state index >= 15 is 4.39 Å². The van der Waals surface area contributed by atoms with Crippen molar-refractivity contribution in [3.05, 3.63) is 95.3 Å². The van der Waals surface area contributed by atoms with Gasteiger partial charge in [-0.15, -0.1) is 0 Å². The molecule has 3 aromatic carbocycles. The van der Waals surface area contributed by atoms with Crippen LogP contribution < -0.4 is 0 Å². The molecule has 41 heavy (non-hydrogen) atoms. The lowest BCUT2D eigenvalue weighted by atomic mass is 9.89. The van der Waals surface area contributed by atoms with Gasteiger partial charge in [0.05, 0.1) is 12.7 Å². The van der Waals surface area contributed by atoms with Gasteiger partial charge in [0.25, 0.3) is 0 Å². The summed E-state index contributed by atoms with van der Waals surface area (Å²) in [5.74, 6) is -1.69. The van der Waals surface area contributed by atoms with Crippen LogP contribution in [-0.4, -0.2) is 12.7 Å². The van der Waals surface area contributed by atoms with Crippen molar-refractivity contribution >= 4 is 0 Å². The molecule has 0 spiro atoms. The first-order chi connectivity index (χ1) is 20.0. The SMILES string of the molecule is CCC=CCCc1ccc(-c2ccc(-c3ccc(C4CCC(CCCCCCCC)OC4)cc3F)cc2)c(F)c1F. The van der Waals surface area contributed by atoms with Crippen molar-refractivity contribution < 1.29 is 17.9 Å². The van der Waals surface area contributed by atoms with Crippen LogP contribution in [0.1, 0.15) is 102 Å². The van der Waals surface area contributed by atoms with Gasteiger partial charge in [0.15, 0.2) is 11.6 Å². The summed E-state index contributed by atoms with van der Waals surface area (Å²) < 4.78 is 51.0. The zero-order valence-electron chi connectivity index (χ0n) is 24.7. The minimum atomic E-state index is -0.839. The van der Waals surface area contributed by atoms with Gasteiger partial charge in [-0.2, -0.15) is 0 Å². The number of halogens is 3. The fourth-order valence-electron chi connectivity index (χ4n) is 5.83. The van der Waals surface area contributed by atoms with Crippen molar-refractivity contribution in [3.8, 4) is 22.3 Å². The lowest BCUT2D eigenvalue weighted by Crippen LogP contribution is -2.24. The van der Waals surface area contributed by atoms with E-state index in [0.717, 1.165) is 31.2 Å². The average molecular weight is 563 g/mol. The summed E-state index contributed by atoms with van der Waals surface area (Å²) in [5, 5.41) is 0. The van der Waals surface area contributed by atoms with E-state index in [9.17, 15) is 8.78 Å². The van der Waals surface area contributed by atoms with Gasteiger partial charge in [0.1, 0.15) is 5.82 Å². The number of ether oxygens (including phenoxy) is 1. The third kappa shape index (κ3) is 8.58. The smallest absolute Gasteiger partial charge is 0.166 e. The van der Waals surface area contributed by atoms with Crippen LogP contribution in [0.3, 0.4) is 0 Å². The third-order valence-corrected chi connectivity index (χ3v) is 8.37. The molecule has 1 fully saturated rings. The van der Waals surface area contributed by atoms with E-state index in [1.54, 1.807) is 42.5 Å². The number of aryl methyl sites for hydroxylation is 1. The molecule has 3 aromatic rings.